The van der Waals surface area contributed by atoms with Crippen molar-refractivity contribution in [3.63, 3.8) is 0 Å². The fourth-order valence-corrected chi connectivity index (χ4v) is 3.61. The number of nitrogens with zero attached hydrogens (tertiary/aromatic N) is 2. The molecule has 11 heteroatoms. The summed E-state index contributed by atoms with van der Waals surface area (Å²) in [7, 11) is -3.94. The van der Waals surface area contributed by atoms with Crippen molar-refractivity contribution in [3.05, 3.63) is 39.9 Å². The van der Waals surface area contributed by atoms with Crippen LogP contribution in [0.1, 0.15) is 23.2 Å². The number of hydrogen-bond acceptors (Lipinski definition) is 6. The third-order valence-corrected chi connectivity index (χ3v) is 5.06. The van der Waals surface area contributed by atoms with E-state index >= 15 is 0 Å². The molecule has 0 bridgehead atoms. The number of amides is 2. The molecule has 1 fully saturated rings. The summed E-state index contributed by atoms with van der Waals surface area (Å²) in [6, 6.07) is 3.89. The Labute approximate surface area is 131 Å². The Morgan fingerprint density at radius 1 is 1.39 bits per heavy atom. The maximum absolute atomic E-state index is 12.5. The van der Waals surface area contributed by atoms with Gasteiger partial charge in [-0.1, -0.05) is 0 Å². The highest BCUT2D eigenvalue weighted by molar-refractivity contribution is 7.58. The molecule has 1 aliphatic heterocycles. The molecule has 1 unspecified atom stereocenters. The molecule has 124 valence electrons. The van der Waals surface area contributed by atoms with Gasteiger partial charge < -0.3 is 5.73 Å². The van der Waals surface area contributed by atoms with Crippen LogP contribution < -0.4 is 16.3 Å². The Hall–Kier alpha value is -2.29. The Kier molecular flexibility index (Phi) is 4.79. The van der Waals surface area contributed by atoms with Crippen molar-refractivity contribution in [2.45, 2.75) is 18.9 Å². The average Bonchev–Trinajstić information content (AvgIpc) is 2.49. The van der Waals surface area contributed by atoms with Crippen LogP contribution in [0.25, 0.3) is 0 Å². The lowest BCUT2D eigenvalue weighted by molar-refractivity contribution is -0.384. The van der Waals surface area contributed by atoms with Crippen LogP contribution >= 0.6 is 7.59 Å². The molecular weight excluding hydrogens is 325 g/mol. The lowest BCUT2D eigenvalue weighted by Crippen LogP contribution is -2.50. The molecule has 1 heterocycles. The fourth-order valence-electron chi connectivity index (χ4n) is 2.19. The number of hydrogen-bond donors (Lipinski definition) is 3. The highest BCUT2D eigenvalue weighted by atomic mass is 31.2. The van der Waals surface area contributed by atoms with E-state index in [0.717, 1.165) is 16.8 Å². The van der Waals surface area contributed by atoms with Crippen molar-refractivity contribution in [2.24, 2.45) is 11.2 Å². The first-order valence-corrected chi connectivity index (χ1v) is 8.48. The minimum absolute atomic E-state index is 0.0371. The van der Waals surface area contributed by atoms with Gasteiger partial charge in [0.1, 0.15) is 0 Å². The van der Waals surface area contributed by atoms with Crippen molar-refractivity contribution < 1.29 is 19.1 Å². The van der Waals surface area contributed by atoms with Gasteiger partial charge in [0.05, 0.1) is 11.0 Å². The Balaban J connectivity index is 2.13. The maximum atomic E-state index is 12.5. The van der Waals surface area contributed by atoms with Crippen molar-refractivity contribution in [3.8, 4) is 0 Å². The second kappa shape index (κ2) is 6.45. The van der Waals surface area contributed by atoms with Crippen LogP contribution in [-0.2, 0) is 9.36 Å². The molecule has 0 spiro atoms. The van der Waals surface area contributed by atoms with E-state index in [-0.39, 0.29) is 17.8 Å². The van der Waals surface area contributed by atoms with Crippen molar-refractivity contribution in [2.75, 3.05) is 6.54 Å². The molecule has 2 atom stereocenters. The minimum Gasteiger partial charge on any atom is -0.320 e. The van der Waals surface area contributed by atoms with E-state index in [2.05, 4.69) is 5.09 Å². The molecule has 2 amide bonds. The lowest BCUT2D eigenvalue weighted by Gasteiger charge is -2.34. The molecule has 5 N–H and O–H groups in total. The number of rotatable bonds is 4. The first kappa shape index (κ1) is 17.1. The SMILES string of the molecule is N[C@H]1CCCN(P(N)(=O)NC(=O)c2ccc([N+](=O)[O-])cc2)C1=O. The largest absolute Gasteiger partial charge is 0.332 e. The molecule has 1 aromatic rings. The van der Waals surface area contributed by atoms with Gasteiger partial charge in [-0.25, -0.2) is 5.50 Å². The summed E-state index contributed by atoms with van der Waals surface area (Å²) in [5.41, 5.74) is 11.1. The summed E-state index contributed by atoms with van der Waals surface area (Å²) in [5, 5.41) is 12.7. The van der Waals surface area contributed by atoms with Gasteiger partial charge in [-0.2, -0.15) is 0 Å². The lowest BCUT2D eigenvalue weighted by atomic mass is 10.1. The molecule has 10 nitrogen and oxygen atoms in total. The van der Waals surface area contributed by atoms with Gasteiger partial charge in [-0.05, 0) is 25.0 Å². The van der Waals surface area contributed by atoms with Gasteiger partial charge in [-0.15, -0.1) is 0 Å². The van der Waals surface area contributed by atoms with Crippen LogP contribution in [0.4, 0.5) is 5.69 Å². The second-order valence-electron chi connectivity index (χ2n) is 5.08. The predicted molar refractivity (Wildman–Crippen MR) is 81.3 cm³/mol. The van der Waals surface area contributed by atoms with E-state index in [9.17, 15) is 24.3 Å². The summed E-state index contributed by atoms with van der Waals surface area (Å²) >= 11 is 0. The molecular formula is C12H16N5O5P. The Morgan fingerprint density at radius 2 is 2.00 bits per heavy atom. The third-order valence-electron chi connectivity index (χ3n) is 3.42. The quantitative estimate of drug-likeness (QED) is 0.404. The van der Waals surface area contributed by atoms with Gasteiger partial charge >= 0.3 is 7.59 Å². The number of nitro benzene ring substituents is 1. The summed E-state index contributed by atoms with van der Waals surface area (Å²) < 4.78 is 13.4. The third kappa shape index (κ3) is 3.73. The number of carbonyl (C=O) groups excluding carboxylic acids is 2. The zero-order valence-corrected chi connectivity index (χ0v) is 12.9. The van der Waals surface area contributed by atoms with Crippen LogP contribution in [-0.4, -0.2) is 34.0 Å². The standard InChI is InChI=1S/C12H16N5O5P/c13-10-2-1-7-16(12(10)19)23(14,22)15-11(18)8-3-5-9(6-4-8)17(20)21/h3-6,10H,1-2,7,13H2,(H3,14,15,18,22)/t10-,23?/m0/s1. The number of non-ortho nitro benzene ring substituents is 1. The fraction of sp³-hybridized carbons (Fsp3) is 0.333. The molecule has 1 aliphatic rings. The molecule has 0 aliphatic carbocycles. The van der Waals surface area contributed by atoms with Gasteiger partial charge in [0.15, 0.2) is 0 Å². The highest BCUT2D eigenvalue weighted by Gasteiger charge is 2.37. The first-order chi connectivity index (χ1) is 10.7. The van der Waals surface area contributed by atoms with Gasteiger partial charge in [0.2, 0.25) is 5.91 Å². The van der Waals surface area contributed by atoms with E-state index in [1.807, 2.05) is 0 Å². The van der Waals surface area contributed by atoms with Crippen LogP contribution in [0, 0.1) is 10.1 Å². The van der Waals surface area contributed by atoms with Crippen LogP contribution in [0.5, 0.6) is 0 Å². The van der Waals surface area contributed by atoms with Gasteiger partial charge in [0.25, 0.3) is 11.6 Å². The first-order valence-electron chi connectivity index (χ1n) is 6.75. The maximum Gasteiger partial charge on any atom is 0.332 e. The van der Waals surface area contributed by atoms with E-state index in [1.54, 1.807) is 0 Å². The minimum atomic E-state index is -3.94. The van der Waals surface area contributed by atoms with Crippen molar-refractivity contribution in [1.82, 2.24) is 9.76 Å². The average molecular weight is 341 g/mol. The van der Waals surface area contributed by atoms with Crippen molar-refractivity contribution in [1.29, 1.82) is 0 Å². The molecule has 23 heavy (non-hydrogen) atoms. The number of nitrogens with two attached hydrogens (primary N) is 2. The van der Waals surface area contributed by atoms with E-state index < -0.39 is 30.4 Å². The van der Waals surface area contributed by atoms with E-state index in [4.69, 9.17) is 11.2 Å². The monoisotopic (exact) mass is 341 g/mol. The Bertz CT molecular complexity index is 692. The van der Waals surface area contributed by atoms with Gasteiger partial charge in [0, 0.05) is 24.2 Å². The van der Waals surface area contributed by atoms with Crippen LogP contribution in [0.15, 0.2) is 24.3 Å². The number of nitro groups is 1. The second-order valence-corrected chi connectivity index (χ2v) is 7.03. The normalized spacial score (nSPS) is 20.7. The molecule has 1 saturated heterocycles. The predicted octanol–water partition coefficient (Wildman–Crippen LogP) is 0.341. The van der Waals surface area contributed by atoms with Crippen molar-refractivity contribution >= 4 is 25.1 Å². The molecule has 0 radical (unpaired) electrons. The number of piperidine rings is 1. The number of benzene rings is 1. The van der Waals surface area contributed by atoms with Crippen LogP contribution in [0.3, 0.4) is 0 Å². The number of carbonyl (C=O) groups is 2. The molecule has 0 aromatic heterocycles. The summed E-state index contributed by atoms with van der Waals surface area (Å²) in [6.45, 7) is 0.140. The Morgan fingerprint density at radius 3 is 2.57 bits per heavy atom. The van der Waals surface area contributed by atoms with Crippen LogP contribution in [0.2, 0.25) is 0 Å². The summed E-state index contributed by atoms with van der Waals surface area (Å²) in [6.07, 6.45) is 0.993. The summed E-state index contributed by atoms with van der Waals surface area (Å²) in [4.78, 5) is 34.0. The molecule has 2 rings (SSSR count). The van der Waals surface area contributed by atoms with E-state index in [1.165, 1.54) is 12.1 Å². The number of nitrogens with one attached hydrogen (secondary N) is 1. The highest BCUT2D eigenvalue weighted by Crippen LogP contribution is 2.39. The summed E-state index contributed by atoms with van der Waals surface area (Å²) in [5.74, 6) is -1.37. The zero-order chi connectivity index (χ0) is 17.2. The molecule has 0 saturated carbocycles. The molecule has 1 aromatic carbocycles. The smallest absolute Gasteiger partial charge is 0.320 e. The zero-order valence-electron chi connectivity index (χ0n) is 12.0. The van der Waals surface area contributed by atoms with Gasteiger partial charge in [-0.3, -0.25) is 34.0 Å². The van der Waals surface area contributed by atoms with E-state index in [0.29, 0.717) is 12.8 Å². The topological polar surface area (TPSA) is 162 Å².